The molecule has 0 saturated heterocycles. The molecule has 15 heavy (non-hydrogen) atoms. The molecule has 0 heterocycles. The van der Waals surface area contributed by atoms with E-state index in [4.69, 9.17) is 0 Å². The monoisotopic (exact) mass is 215 g/mol. The van der Waals surface area contributed by atoms with Gasteiger partial charge in [0.2, 0.25) is 0 Å². The fourth-order valence-electron chi connectivity index (χ4n) is 0.840. The standard InChI is InChI=1S/C10H11F2NO2/c1-13(2)10(11,12)9(14)15-8-6-4-3-5-7-8/h3-7H,1-2H3. The van der Waals surface area contributed by atoms with Crippen molar-refractivity contribution in [1.82, 2.24) is 4.90 Å². The predicted molar refractivity (Wildman–Crippen MR) is 50.7 cm³/mol. The first-order chi connectivity index (χ1) is 6.94. The van der Waals surface area contributed by atoms with E-state index < -0.39 is 12.0 Å². The minimum absolute atomic E-state index is 0.101. The average molecular weight is 215 g/mol. The lowest BCUT2D eigenvalue weighted by molar-refractivity contribution is -0.186. The molecule has 0 amide bonds. The molecule has 1 rings (SSSR count). The van der Waals surface area contributed by atoms with Gasteiger partial charge >= 0.3 is 12.0 Å². The highest BCUT2D eigenvalue weighted by Crippen LogP contribution is 2.20. The summed E-state index contributed by atoms with van der Waals surface area (Å²) in [5, 5.41) is 0. The van der Waals surface area contributed by atoms with Gasteiger partial charge in [0.15, 0.2) is 0 Å². The third-order valence-electron chi connectivity index (χ3n) is 1.76. The third-order valence-corrected chi connectivity index (χ3v) is 1.76. The van der Waals surface area contributed by atoms with Crippen molar-refractivity contribution in [2.45, 2.75) is 6.05 Å². The molecule has 0 atom stereocenters. The lowest BCUT2D eigenvalue weighted by Gasteiger charge is -2.20. The second-order valence-electron chi connectivity index (χ2n) is 3.14. The van der Waals surface area contributed by atoms with E-state index in [2.05, 4.69) is 4.74 Å². The van der Waals surface area contributed by atoms with Gasteiger partial charge in [-0.3, -0.25) is 0 Å². The van der Waals surface area contributed by atoms with Crippen LogP contribution in [-0.2, 0) is 4.79 Å². The van der Waals surface area contributed by atoms with Crippen LogP contribution < -0.4 is 4.74 Å². The third kappa shape index (κ3) is 2.73. The van der Waals surface area contributed by atoms with Crippen LogP contribution in [0.25, 0.3) is 0 Å². The Kier molecular flexibility index (Phi) is 3.36. The van der Waals surface area contributed by atoms with Crippen molar-refractivity contribution >= 4 is 5.97 Å². The first-order valence-electron chi connectivity index (χ1n) is 4.27. The van der Waals surface area contributed by atoms with Crippen molar-refractivity contribution in [3.63, 3.8) is 0 Å². The van der Waals surface area contributed by atoms with Crippen LogP contribution in [0.2, 0.25) is 0 Å². The van der Waals surface area contributed by atoms with E-state index >= 15 is 0 Å². The average Bonchev–Trinajstić information content (AvgIpc) is 2.18. The Morgan fingerprint density at radius 2 is 1.80 bits per heavy atom. The van der Waals surface area contributed by atoms with Crippen molar-refractivity contribution < 1.29 is 18.3 Å². The van der Waals surface area contributed by atoms with Crippen molar-refractivity contribution in [2.24, 2.45) is 0 Å². The van der Waals surface area contributed by atoms with Crippen molar-refractivity contribution in [3.8, 4) is 5.75 Å². The molecule has 5 heteroatoms. The predicted octanol–water partition coefficient (Wildman–Crippen LogP) is 1.75. The maximum absolute atomic E-state index is 13.1. The summed E-state index contributed by atoms with van der Waals surface area (Å²) in [4.78, 5) is 11.6. The minimum Gasteiger partial charge on any atom is -0.421 e. The molecular formula is C10H11F2NO2. The minimum atomic E-state index is -3.62. The lowest BCUT2D eigenvalue weighted by atomic mass is 10.3. The largest absolute Gasteiger partial charge is 0.421 e. The molecule has 0 aliphatic carbocycles. The van der Waals surface area contributed by atoms with Gasteiger partial charge in [-0.25, -0.2) is 9.69 Å². The molecule has 0 unspecified atom stereocenters. The smallest absolute Gasteiger partial charge is 0.402 e. The molecule has 0 N–H and O–H groups in total. The number of hydrogen-bond donors (Lipinski definition) is 0. The second-order valence-corrected chi connectivity index (χ2v) is 3.14. The van der Waals surface area contributed by atoms with Crippen LogP contribution in [0.1, 0.15) is 0 Å². The molecule has 0 aliphatic rings. The summed E-state index contributed by atoms with van der Waals surface area (Å²) >= 11 is 0. The van der Waals surface area contributed by atoms with Crippen LogP contribution in [0.5, 0.6) is 5.75 Å². The van der Waals surface area contributed by atoms with E-state index in [1.807, 2.05) is 0 Å². The number of likely N-dealkylation sites (N-methyl/N-ethyl adjacent to an activating group) is 1. The van der Waals surface area contributed by atoms with Gasteiger partial charge in [0.1, 0.15) is 5.75 Å². The number of esters is 1. The van der Waals surface area contributed by atoms with Gasteiger partial charge in [-0.1, -0.05) is 18.2 Å². The number of halogens is 2. The maximum Gasteiger partial charge on any atom is 0.402 e. The Hall–Kier alpha value is -1.49. The molecule has 0 aromatic heterocycles. The van der Waals surface area contributed by atoms with Gasteiger partial charge in [0, 0.05) is 0 Å². The van der Waals surface area contributed by atoms with E-state index in [-0.39, 0.29) is 5.75 Å². The van der Waals surface area contributed by atoms with E-state index in [9.17, 15) is 13.6 Å². The molecule has 1 aromatic rings. The van der Waals surface area contributed by atoms with Crippen molar-refractivity contribution in [3.05, 3.63) is 30.3 Å². The molecule has 0 radical (unpaired) electrons. The zero-order valence-electron chi connectivity index (χ0n) is 8.41. The Labute approximate surface area is 86.3 Å². The van der Waals surface area contributed by atoms with Crippen LogP contribution in [-0.4, -0.2) is 31.0 Å². The molecule has 0 spiro atoms. The normalized spacial score (nSPS) is 11.5. The van der Waals surface area contributed by atoms with Crippen LogP contribution in [0.4, 0.5) is 8.78 Å². The number of para-hydroxylation sites is 1. The number of hydrogen-bond acceptors (Lipinski definition) is 3. The number of ether oxygens (including phenoxy) is 1. The second kappa shape index (κ2) is 4.35. The van der Waals surface area contributed by atoms with Crippen molar-refractivity contribution in [1.29, 1.82) is 0 Å². The first kappa shape index (κ1) is 11.6. The summed E-state index contributed by atoms with van der Waals surface area (Å²) < 4.78 is 30.7. The van der Waals surface area contributed by atoms with Crippen LogP contribution >= 0.6 is 0 Å². The number of benzene rings is 1. The lowest BCUT2D eigenvalue weighted by Crippen LogP contribution is -2.45. The fraction of sp³-hybridized carbons (Fsp3) is 0.300. The number of carbonyl (C=O) groups is 1. The Morgan fingerprint density at radius 3 is 2.27 bits per heavy atom. The Morgan fingerprint density at radius 1 is 1.27 bits per heavy atom. The number of alkyl halides is 2. The van der Waals surface area contributed by atoms with Gasteiger partial charge in [0.25, 0.3) is 0 Å². The zero-order valence-corrected chi connectivity index (χ0v) is 8.41. The van der Waals surface area contributed by atoms with E-state index in [0.29, 0.717) is 4.90 Å². The number of nitrogens with zero attached hydrogens (tertiary/aromatic N) is 1. The highest BCUT2D eigenvalue weighted by Gasteiger charge is 2.43. The number of rotatable bonds is 3. The highest BCUT2D eigenvalue weighted by molar-refractivity contribution is 5.79. The maximum atomic E-state index is 13.1. The van der Waals surface area contributed by atoms with E-state index in [0.717, 1.165) is 14.1 Å². The quantitative estimate of drug-likeness (QED) is 0.437. The zero-order chi connectivity index (χ0) is 11.5. The summed E-state index contributed by atoms with van der Waals surface area (Å²) in [5.74, 6) is -1.48. The molecule has 0 fully saturated rings. The molecular weight excluding hydrogens is 204 g/mol. The summed E-state index contributed by atoms with van der Waals surface area (Å²) in [6.45, 7) is 0. The van der Waals surface area contributed by atoms with Gasteiger partial charge < -0.3 is 4.74 Å². The highest BCUT2D eigenvalue weighted by atomic mass is 19.3. The van der Waals surface area contributed by atoms with Gasteiger partial charge in [0.05, 0.1) is 0 Å². The number of carbonyl (C=O) groups excluding carboxylic acids is 1. The molecule has 1 aromatic carbocycles. The summed E-state index contributed by atoms with van der Waals surface area (Å²) in [6.07, 6.45) is 0. The topological polar surface area (TPSA) is 29.5 Å². The molecule has 0 saturated carbocycles. The SMILES string of the molecule is CN(C)C(F)(F)C(=O)Oc1ccccc1. The fourth-order valence-corrected chi connectivity index (χ4v) is 0.840. The summed E-state index contributed by atoms with van der Waals surface area (Å²) in [6, 6.07) is 4.14. The Bertz CT molecular complexity index is 339. The molecule has 0 bridgehead atoms. The summed E-state index contributed by atoms with van der Waals surface area (Å²) in [7, 11) is 2.21. The Balaban J connectivity index is 2.72. The summed E-state index contributed by atoms with van der Waals surface area (Å²) in [5.41, 5.74) is 0. The molecule has 0 aliphatic heterocycles. The van der Waals surface area contributed by atoms with Crippen LogP contribution in [0.15, 0.2) is 30.3 Å². The van der Waals surface area contributed by atoms with Gasteiger partial charge in [-0.15, -0.1) is 0 Å². The molecule has 82 valence electrons. The van der Waals surface area contributed by atoms with Gasteiger partial charge in [-0.2, -0.15) is 8.78 Å². The van der Waals surface area contributed by atoms with Crippen LogP contribution in [0, 0.1) is 0 Å². The van der Waals surface area contributed by atoms with E-state index in [1.165, 1.54) is 12.1 Å². The van der Waals surface area contributed by atoms with Crippen molar-refractivity contribution in [2.75, 3.05) is 14.1 Å². The molecule has 3 nitrogen and oxygen atoms in total. The van der Waals surface area contributed by atoms with Crippen LogP contribution in [0.3, 0.4) is 0 Å². The van der Waals surface area contributed by atoms with Gasteiger partial charge in [-0.05, 0) is 26.2 Å². The van der Waals surface area contributed by atoms with E-state index in [1.54, 1.807) is 18.2 Å². The first-order valence-corrected chi connectivity index (χ1v) is 4.27.